The van der Waals surface area contributed by atoms with Gasteiger partial charge in [-0.05, 0) is 59.8 Å². The van der Waals surface area contributed by atoms with Gasteiger partial charge in [-0.25, -0.2) is 37.9 Å². The minimum absolute atomic E-state index is 0.0249. The van der Waals surface area contributed by atoms with Gasteiger partial charge in [-0.15, -0.1) is 0 Å². The zero-order valence-electron chi connectivity index (χ0n) is 34.3. The van der Waals surface area contributed by atoms with Gasteiger partial charge in [0.25, 0.3) is 13.4 Å². The second-order valence-electron chi connectivity index (χ2n) is 15.0. The standard InChI is InChI=1S/C39H43F2N7O14P2S/c1-2-3-4-5-16-55-24-12-8-23(9-13-24)38(50)58-25-10-6-22(7-11-25)19-65-64(54)57-18-27-32(29(40)37(60-27)48-21-45-31-34(42)43-20-44-35(31)48)61-63(52,53)56-17-26-33(62-64)30(41)36(59-26)47-15-14-28(49)46-39(47)51/h6-15,20-21,26-27,29-30,32-33,36-37H,2-5,16-19H2,1H3,(H,52,53)(H2,42,43,44)(H,46,49,51)/p-1/t26-,27-,29-,30-,32-,33-,36-,37-,64?/m1/s1. The number of ether oxygens (including phenoxy) is 4. The van der Waals surface area contributed by atoms with E-state index < -0.39 is 94.3 Å². The number of anilines is 1. The molecule has 3 aromatic heterocycles. The number of hydrogen-bond donors (Lipinski definition) is 2. The Morgan fingerprint density at radius 2 is 1.57 bits per heavy atom. The summed E-state index contributed by atoms with van der Waals surface area (Å²) in [6.07, 6.45) is -7.84. The first-order valence-corrected chi connectivity index (χ1v) is 24.9. The van der Waals surface area contributed by atoms with Gasteiger partial charge >= 0.3 is 18.5 Å². The maximum atomic E-state index is 16.5. The number of esters is 1. The first-order chi connectivity index (χ1) is 31.2. The van der Waals surface area contributed by atoms with Gasteiger partial charge in [0.15, 0.2) is 36.3 Å². The highest BCUT2D eigenvalue weighted by atomic mass is 32.7. The highest BCUT2D eigenvalue weighted by Gasteiger charge is 2.54. The molecule has 26 heteroatoms. The summed E-state index contributed by atoms with van der Waals surface area (Å²) in [6, 6.07) is 13.6. The van der Waals surface area contributed by atoms with Crippen molar-refractivity contribution in [1.29, 1.82) is 0 Å². The highest BCUT2D eigenvalue weighted by Crippen LogP contribution is 2.64. The molecular weight excluding hydrogens is 922 g/mol. The van der Waals surface area contributed by atoms with E-state index in [1.165, 1.54) is 12.1 Å². The van der Waals surface area contributed by atoms with Crippen molar-refractivity contribution < 1.29 is 64.6 Å². The fourth-order valence-corrected chi connectivity index (χ4v) is 11.5. The number of nitrogens with two attached hydrogens (primary N) is 1. The molecule has 2 unspecified atom stereocenters. The minimum atomic E-state index is -5.49. The van der Waals surface area contributed by atoms with E-state index in [0.29, 0.717) is 33.9 Å². The Kier molecular flexibility index (Phi) is 14.3. The summed E-state index contributed by atoms with van der Waals surface area (Å²) < 4.78 is 108. The molecule has 348 valence electrons. The Balaban J connectivity index is 1.01. The molecule has 10 atom stereocenters. The fraction of sp³-hybridized carbons (Fsp3) is 0.436. The molecule has 3 N–H and O–H groups in total. The summed E-state index contributed by atoms with van der Waals surface area (Å²) in [5.74, 6) is 0.0417. The first-order valence-electron chi connectivity index (χ1n) is 20.3. The van der Waals surface area contributed by atoms with Crippen molar-refractivity contribution >= 4 is 49.0 Å². The lowest BCUT2D eigenvalue weighted by Gasteiger charge is -2.32. The van der Waals surface area contributed by atoms with Crippen LogP contribution >= 0.6 is 26.0 Å². The van der Waals surface area contributed by atoms with Crippen molar-refractivity contribution in [1.82, 2.24) is 29.1 Å². The zero-order chi connectivity index (χ0) is 45.9. The number of fused-ring (bicyclic) bond motifs is 3. The number of alkyl halides is 2. The van der Waals surface area contributed by atoms with Crippen molar-refractivity contribution in [2.24, 2.45) is 0 Å². The van der Waals surface area contributed by atoms with Crippen molar-refractivity contribution in [3.8, 4) is 11.5 Å². The van der Waals surface area contributed by atoms with Gasteiger partial charge in [0.1, 0.15) is 47.8 Å². The summed E-state index contributed by atoms with van der Waals surface area (Å²) in [5.41, 5.74) is 4.96. The van der Waals surface area contributed by atoms with Crippen LogP contribution in [0.1, 0.15) is 61.0 Å². The number of carbonyl (C=O) groups is 1. The highest BCUT2D eigenvalue weighted by molar-refractivity contribution is 8.54. The van der Waals surface area contributed by atoms with Crippen LogP contribution in [0.2, 0.25) is 0 Å². The molecule has 21 nitrogen and oxygen atoms in total. The lowest BCUT2D eigenvalue weighted by atomic mass is 10.1. The molecule has 5 aromatic rings. The van der Waals surface area contributed by atoms with Gasteiger partial charge in [-0.3, -0.25) is 32.5 Å². The molecule has 3 saturated heterocycles. The second-order valence-corrected chi connectivity index (χ2v) is 20.4. The number of unbranched alkanes of at least 4 members (excludes halogenated alkanes) is 3. The van der Waals surface area contributed by atoms with Crippen molar-refractivity contribution in [3.05, 3.63) is 105 Å². The molecule has 65 heavy (non-hydrogen) atoms. The molecule has 0 radical (unpaired) electrons. The van der Waals surface area contributed by atoms with E-state index in [1.807, 2.05) is 4.98 Å². The second kappa shape index (κ2) is 19.9. The first kappa shape index (κ1) is 46.7. The van der Waals surface area contributed by atoms with Gasteiger partial charge in [0.2, 0.25) is 0 Å². The number of rotatable bonds is 13. The number of H-pyrrole nitrogens is 1. The van der Waals surface area contributed by atoms with Gasteiger partial charge in [-0.2, -0.15) is 0 Å². The monoisotopic (exact) mass is 964 g/mol. The van der Waals surface area contributed by atoms with E-state index in [4.69, 9.17) is 42.8 Å². The maximum Gasteiger partial charge on any atom is 0.389 e. The number of imidazole rings is 1. The number of carbonyl (C=O) groups excluding carboxylic acids is 1. The van der Waals surface area contributed by atoms with Crippen LogP contribution in [0.4, 0.5) is 14.6 Å². The normalized spacial score (nSPS) is 29.4. The molecule has 8 rings (SSSR count). The summed E-state index contributed by atoms with van der Waals surface area (Å²) in [4.78, 5) is 64.6. The molecule has 0 saturated carbocycles. The third-order valence-corrected chi connectivity index (χ3v) is 15.1. The number of nitrogen functional groups attached to an aromatic ring is 1. The number of nitrogens with one attached hydrogen (secondary N) is 1. The number of halogens is 2. The number of nitrogens with zero attached hydrogens (tertiary/aromatic N) is 5. The Labute approximate surface area is 371 Å². The predicted octanol–water partition coefficient (Wildman–Crippen LogP) is 4.94. The van der Waals surface area contributed by atoms with Gasteiger partial charge in [-0.1, -0.05) is 38.3 Å². The molecule has 3 aliphatic rings. The summed E-state index contributed by atoms with van der Waals surface area (Å²) >= 11 is 0.580. The molecule has 0 spiro atoms. The number of phosphoric acid groups is 1. The maximum absolute atomic E-state index is 16.5. The number of hydrogen-bond acceptors (Lipinski definition) is 19. The predicted molar refractivity (Wildman–Crippen MR) is 224 cm³/mol. The van der Waals surface area contributed by atoms with Crippen LogP contribution in [0.25, 0.3) is 11.2 Å². The molecule has 0 bridgehead atoms. The Bertz CT molecular complexity index is 2700. The molecular formula is C39H42F2N7O14P2S-. The van der Waals surface area contributed by atoms with Crippen molar-refractivity contribution in [2.45, 2.75) is 87.6 Å². The number of aromatic nitrogens is 6. The third-order valence-electron chi connectivity index (χ3n) is 10.5. The van der Waals surface area contributed by atoms with Crippen LogP contribution in [0.5, 0.6) is 11.5 Å². The number of aromatic amines is 1. The SMILES string of the molecule is CCCCCCOc1ccc(C(=O)Oc2ccc(CSP3(=O)OC[C@H]4O[C@@H](n5cnc6c(N)ncnc65)[C@H](F)[C@@H]4OP(=O)([O-])OC[C@H]4O[C@@H](n5ccc(=O)[nH]c5=O)[C@H](F)[C@@H]4O3)cc2)cc1. The number of phosphoric ester groups is 1. The largest absolute Gasteiger partial charge is 0.756 e. The molecule has 3 fully saturated rings. The zero-order valence-corrected chi connectivity index (χ0v) is 36.9. The smallest absolute Gasteiger partial charge is 0.389 e. The van der Waals surface area contributed by atoms with Crippen LogP contribution in [0.3, 0.4) is 0 Å². The lowest BCUT2D eigenvalue weighted by Crippen LogP contribution is -2.38. The molecule has 0 aliphatic carbocycles. The average molecular weight is 965 g/mol. The molecule has 0 amide bonds. The van der Waals surface area contributed by atoms with Crippen LogP contribution < -0.4 is 31.3 Å². The molecule has 6 heterocycles. The van der Waals surface area contributed by atoms with Crippen LogP contribution in [0.15, 0.2) is 83.0 Å². The Hall–Kier alpha value is -4.87. The van der Waals surface area contributed by atoms with E-state index in [1.54, 1.807) is 36.4 Å². The van der Waals surface area contributed by atoms with Crippen molar-refractivity contribution in [3.63, 3.8) is 0 Å². The lowest BCUT2D eigenvalue weighted by molar-refractivity contribution is -0.235. The van der Waals surface area contributed by atoms with Crippen LogP contribution in [-0.4, -0.2) is 91.6 Å². The summed E-state index contributed by atoms with van der Waals surface area (Å²) in [6.45, 7) is -3.82. The van der Waals surface area contributed by atoms with Crippen LogP contribution in [0, 0.1) is 0 Å². The fourth-order valence-electron chi connectivity index (χ4n) is 7.18. The third kappa shape index (κ3) is 10.7. The average Bonchev–Trinajstić information content (AvgIpc) is 3.94. The van der Waals surface area contributed by atoms with E-state index in [9.17, 15) is 28.4 Å². The summed E-state index contributed by atoms with van der Waals surface area (Å²) in [5, 5.41) is 0. The summed E-state index contributed by atoms with van der Waals surface area (Å²) in [7, 11) is -5.49. The van der Waals surface area contributed by atoms with Crippen molar-refractivity contribution in [2.75, 3.05) is 25.6 Å². The Morgan fingerprint density at radius 3 is 2.28 bits per heavy atom. The van der Waals surface area contributed by atoms with Gasteiger partial charge < -0.3 is 38.6 Å². The molecule has 3 aliphatic heterocycles. The Morgan fingerprint density at radius 1 is 0.892 bits per heavy atom. The van der Waals surface area contributed by atoms with E-state index in [2.05, 4.69) is 21.9 Å². The van der Waals surface area contributed by atoms with E-state index in [0.717, 1.165) is 55.2 Å². The number of benzene rings is 2. The minimum Gasteiger partial charge on any atom is -0.756 e. The van der Waals surface area contributed by atoms with Crippen LogP contribution in [-0.2, 0) is 42.5 Å². The topological polar surface area (TPSA) is 273 Å². The molecule has 2 aromatic carbocycles. The van der Waals surface area contributed by atoms with Gasteiger partial charge in [0.05, 0.1) is 31.7 Å². The van der Waals surface area contributed by atoms with E-state index >= 15 is 8.78 Å². The van der Waals surface area contributed by atoms with E-state index in [-0.39, 0.29) is 34.0 Å². The van der Waals surface area contributed by atoms with Gasteiger partial charge in [0, 0.05) is 18.0 Å². The quantitative estimate of drug-likeness (QED) is 0.0685.